The van der Waals surface area contributed by atoms with Crippen LogP contribution < -0.4 is 4.74 Å². The number of fused-ring (bicyclic) bond motifs is 1. The van der Waals surface area contributed by atoms with Crippen molar-refractivity contribution in [3.8, 4) is 5.75 Å². The number of ether oxygens (including phenoxy) is 2. The van der Waals surface area contributed by atoms with Crippen molar-refractivity contribution >= 4 is 0 Å². The van der Waals surface area contributed by atoms with E-state index in [1.165, 1.54) is 13.2 Å². The van der Waals surface area contributed by atoms with E-state index in [9.17, 15) is 4.39 Å². The molecule has 1 aromatic carbocycles. The predicted molar refractivity (Wildman–Crippen MR) is 83.3 cm³/mol. The van der Waals surface area contributed by atoms with Crippen LogP contribution >= 0.6 is 0 Å². The highest BCUT2D eigenvalue weighted by atomic mass is 19.1. The topological polar surface area (TPSA) is 60.6 Å². The zero-order valence-electron chi connectivity index (χ0n) is 13.8. The van der Waals surface area contributed by atoms with Crippen molar-refractivity contribution in [1.29, 1.82) is 0 Å². The minimum Gasteiger partial charge on any atom is -0.494 e. The first-order valence-electron chi connectivity index (χ1n) is 8.04. The van der Waals surface area contributed by atoms with Crippen molar-refractivity contribution in [3.05, 3.63) is 41.4 Å². The molecule has 6 nitrogen and oxygen atoms in total. The van der Waals surface area contributed by atoms with Gasteiger partial charge in [0.15, 0.2) is 11.6 Å². The Bertz CT molecular complexity index is 750. The molecule has 2 aliphatic rings. The summed E-state index contributed by atoms with van der Waals surface area (Å²) in [6, 6.07) is 5.10. The molecule has 1 aromatic heterocycles. The van der Waals surface area contributed by atoms with E-state index in [2.05, 4.69) is 15.1 Å². The smallest absolute Gasteiger partial charge is 0.226 e. The Labute approximate surface area is 139 Å². The Morgan fingerprint density at radius 1 is 1.42 bits per heavy atom. The number of halogens is 1. The first-order valence-corrected chi connectivity index (χ1v) is 8.04. The molecule has 0 amide bonds. The summed E-state index contributed by atoms with van der Waals surface area (Å²) in [7, 11) is 1.47. The third-order valence-corrected chi connectivity index (χ3v) is 5.02. The van der Waals surface area contributed by atoms with Gasteiger partial charge >= 0.3 is 0 Å². The van der Waals surface area contributed by atoms with Gasteiger partial charge in [0, 0.05) is 32.5 Å². The summed E-state index contributed by atoms with van der Waals surface area (Å²) in [5.74, 6) is 1.48. The van der Waals surface area contributed by atoms with Crippen molar-refractivity contribution in [2.75, 3.05) is 33.4 Å². The van der Waals surface area contributed by atoms with E-state index < -0.39 is 0 Å². The Morgan fingerprint density at radius 2 is 2.29 bits per heavy atom. The Balaban J connectivity index is 1.54. The Morgan fingerprint density at radius 3 is 3.00 bits per heavy atom. The molecule has 128 valence electrons. The first-order chi connectivity index (χ1) is 11.6. The lowest BCUT2D eigenvalue weighted by Gasteiger charge is -2.23. The van der Waals surface area contributed by atoms with E-state index in [-0.39, 0.29) is 17.0 Å². The summed E-state index contributed by atoms with van der Waals surface area (Å²) < 4.78 is 30.3. The number of methoxy groups -OCH3 is 1. The molecule has 0 unspecified atom stereocenters. The molecule has 2 aliphatic heterocycles. The fraction of sp³-hybridized carbons (Fsp3) is 0.529. The molecule has 0 N–H and O–H groups in total. The van der Waals surface area contributed by atoms with Crippen LogP contribution in [0.3, 0.4) is 0 Å². The van der Waals surface area contributed by atoms with Gasteiger partial charge in [0.2, 0.25) is 11.8 Å². The van der Waals surface area contributed by atoms with Crippen LogP contribution in [0.2, 0.25) is 0 Å². The normalized spacial score (nSPS) is 26.7. The van der Waals surface area contributed by atoms with Crippen LogP contribution in [0.25, 0.3) is 0 Å². The minimum absolute atomic E-state index is 0.244. The molecule has 4 rings (SSSR count). The average molecular weight is 333 g/mol. The third kappa shape index (κ3) is 2.48. The first kappa shape index (κ1) is 15.5. The zero-order chi connectivity index (χ0) is 16.7. The van der Waals surface area contributed by atoms with Crippen molar-refractivity contribution in [2.24, 2.45) is 5.92 Å². The van der Waals surface area contributed by atoms with Crippen molar-refractivity contribution < 1.29 is 18.3 Å². The molecule has 0 spiro atoms. The maximum absolute atomic E-state index is 13.9. The number of hydrogen-bond donors (Lipinski definition) is 0. The summed E-state index contributed by atoms with van der Waals surface area (Å²) in [6.45, 7) is 5.39. The predicted octanol–water partition coefficient (Wildman–Crippen LogP) is 1.93. The summed E-state index contributed by atoms with van der Waals surface area (Å²) in [5.41, 5.74) is 0.678. The van der Waals surface area contributed by atoms with Crippen LogP contribution in [0.15, 0.2) is 22.6 Å². The fourth-order valence-corrected chi connectivity index (χ4v) is 3.83. The molecule has 0 saturated carbocycles. The molecule has 3 heterocycles. The van der Waals surface area contributed by atoms with Gasteiger partial charge in [0.05, 0.1) is 25.7 Å². The number of rotatable bonds is 4. The third-order valence-electron chi connectivity index (χ3n) is 5.02. The van der Waals surface area contributed by atoms with Gasteiger partial charge in [-0.1, -0.05) is 6.07 Å². The van der Waals surface area contributed by atoms with Crippen molar-refractivity contribution in [3.63, 3.8) is 0 Å². The van der Waals surface area contributed by atoms with E-state index in [0.29, 0.717) is 37.5 Å². The second kappa shape index (κ2) is 5.82. The molecule has 24 heavy (non-hydrogen) atoms. The SMILES string of the molecule is COc1ccc(CN2C[C@@H]3COC[C@]3(c3nnc(C)o3)C2)cc1F. The lowest BCUT2D eigenvalue weighted by atomic mass is 9.81. The molecule has 0 aliphatic carbocycles. The van der Waals surface area contributed by atoms with Gasteiger partial charge in [0.1, 0.15) is 0 Å². The van der Waals surface area contributed by atoms with Crippen LogP contribution in [0, 0.1) is 18.7 Å². The van der Waals surface area contributed by atoms with Crippen LogP contribution in [-0.2, 0) is 16.7 Å². The number of likely N-dealkylation sites (tertiary alicyclic amines) is 1. The molecule has 0 bridgehead atoms. The molecule has 7 heteroatoms. The quantitative estimate of drug-likeness (QED) is 0.852. The summed E-state index contributed by atoms with van der Waals surface area (Å²) in [6.07, 6.45) is 0. The number of hydrogen-bond acceptors (Lipinski definition) is 6. The van der Waals surface area contributed by atoms with Gasteiger partial charge in [-0.15, -0.1) is 10.2 Å². The number of aromatic nitrogens is 2. The maximum Gasteiger partial charge on any atom is 0.226 e. The molecule has 2 saturated heterocycles. The van der Waals surface area contributed by atoms with Gasteiger partial charge in [-0.05, 0) is 17.7 Å². The number of aryl methyl sites for hydroxylation is 1. The Hall–Kier alpha value is -1.99. The molecular weight excluding hydrogens is 313 g/mol. The number of nitrogens with zero attached hydrogens (tertiary/aromatic N) is 3. The molecule has 2 fully saturated rings. The summed E-state index contributed by atoms with van der Waals surface area (Å²) in [5, 5.41) is 8.21. The summed E-state index contributed by atoms with van der Waals surface area (Å²) >= 11 is 0. The van der Waals surface area contributed by atoms with Crippen LogP contribution in [0.4, 0.5) is 4.39 Å². The van der Waals surface area contributed by atoms with Crippen LogP contribution in [0.1, 0.15) is 17.3 Å². The zero-order valence-corrected chi connectivity index (χ0v) is 13.8. The highest BCUT2D eigenvalue weighted by Crippen LogP contribution is 2.43. The highest BCUT2D eigenvalue weighted by molar-refractivity contribution is 5.29. The van der Waals surface area contributed by atoms with E-state index in [1.807, 2.05) is 6.07 Å². The van der Waals surface area contributed by atoms with Gasteiger partial charge in [-0.25, -0.2) is 4.39 Å². The van der Waals surface area contributed by atoms with Crippen molar-refractivity contribution in [2.45, 2.75) is 18.9 Å². The second-order valence-corrected chi connectivity index (χ2v) is 6.63. The highest BCUT2D eigenvalue weighted by Gasteiger charge is 2.55. The molecule has 2 atom stereocenters. The summed E-state index contributed by atoms with van der Waals surface area (Å²) in [4.78, 5) is 2.30. The largest absolute Gasteiger partial charge is 0.494 e. The average Bonchev–Trinajstić information content (AvgIpc) is 3.21. The van der Waals surface area contributed by atoms with Crippen LogP contribution in [-0.4, -0.2) is 48.5 Å². The van der Waals surface area contributed by atoms with Crippen molar-refractivity contribution in [1.82, 2.24) is 15.1 Å². The Kier molecular flexibility index (Phi) is 3.77. The second-order valence-electron chi connectivity index (χ2n) is 6.63. The van der Waals surface area contributed by atoms with Crippen LogP contribution in [0.5, 0.6) is 5.75 Å². The van der Waals surface area contributed by atoms with E-state index in [1.54, 1.807) is 13.0 Å². The standard InChI is InChI=1S/C17H20FN3O3/c1-11-19-20-16(24-11)17-9-21(7-13(17)8-23-10-17)6-12-3-4-15(22-2)14(18)5-12/h3-5,13H,6-10H2,1-2H3/t13-,17-/m1/s1. The minimum atomic E-state index is -0.333. The molecule has 2 aromatic rings. The van der Waals surface area contributed by atoms with Gasteiger partial charge in [0.25, 0.3) is 0 Å². The fourth-order valence-electron chi connectivity index (χ4n) is 3.83. The van der Waals surface area contributed by atoms with Gasteiger partial charge in [-0.2, -0.15) is 0 Å². The van der Waals surface area contributed by atoms with E-state index in [4.69, 9.17) is 13.9 Å². The maximum atomic E-state index is 13.9. The van der Waals surface area contributed by atoms with E-state index >= 15 is 0 Å². The monoisotopic (exact) mass is 333 g/mol. The number of benzene rings is 1. The van der Waals surface area contributed by atoms with Gasteiger partial charge in [-0.3, -0.25) is 4.90 Å². The molecule has 0 radical (unpaired) electrons. The van der Waals surface area contributed by atoms with E-state index in [0.717, 1.165) is 18.7 Å². The lowest BCUT2D eigenvalue weighted by molar-refractivity contribution is 0.140. The lowest BCUT2D eigenvalue weighted by Crippen LogP contribution is -2.35. The van der Waals surface area contributed by atoms with Gasteiger partial charge < -0.3 is 13.9 Å². The molecular formula is C17H20FN3O3.